The summed E-state index contributed by atoms with van der Waals surface area (Å²) in [6.07, 6.45) is 1.94. The molecule has 1 aromatic heterocycles. The van der Waals surface area contributed by atoms with Crippen LogP contribution in [-0.4, -0.2) is 22.3 Å². The van der Waals surface area contributed by atoms with E-state index in [4.69, 9.17) is 5.11 Å². The molecule has 0 atom stereocenters. The molecule has 1 N–H and O–H groups in total. The number of rotatable bonds is 3. The molecule has 0 saturated heterocycles. The van der Waals surface area contributed by atoms with Crippen LogP contribution in [0.15, 0.2) is 9.72 Å². The minimum Gasteiger partial charge on any atom is -0.481 e. The molecule has 0 aliphatic carbocycles. The highest BCUT2D eigenvalue weighted by atomic mass is 32.2. The van der Waals surface area contributed by atoms with Crippen molar-refractivity contribution in [2.75, 3.05) is 6.26 Å². The monoisotopic (exact) mass is 189 g/mol. The second-order valence-corrected chi connectivity index (χ2v) is 3.79. The van der Waals surface area contributed by atoms with Gasteiger partial charge in [-0.3, -0.25) is 4.79 Å². The third-order valence-electron chi connectivity index (χ3n) is 1.04. The number of carboxylic acids is 1. The first-order valence-corrected chi connectivity index (χ1v) is 5.03. The normalized spacial score (nSPS) is 9.91. The molecule has 0 radical (unpaired) electrons. The SMILES string of the molecule is CSc1nc(CC(=O)O)cs1. The van der Waals surface area contributed by atoms with Gasteiger partial charge in [-0.1, -0.05) is 11.8 Å². The van der Waals surface area contributed by atoms with Gasteiger partial charge in [0, 0.05) is 5.38 Å². The van der Waals surface area contributed by atoms with E-state index < -0.39 is 5.97 Å². The molecule has 0 saturated carbocycles. The number of aromatic nitrogens is 1. The molecule has 5 heteroatoms. The van der Waals surface area contributed by atoms with Gasteiger partial charge in [-0.15, -0.1) is 11.3 Å². The molecule has 3 nitrogen and oxygen atoms in total. The van der Waals surface area contributed by atoms with Crippen LogP contribution in [0.2, 0.25) is 0 Å². The van der Waals surface area contributed by atoms with Gasteiger partial charge in [-0.25, -0.2) is 4.98 Å². The molecule has 1 rings (SSSR count). The minimum absolute atomic E-state index is 0.0249. The fourth-order valence-electron chi connectivity index (χ4n) is 0.618. The first-order chi connectivity index (χ1) is 5.22. The molecular weight excluding hydrogens is 182 g/mol. The van der Waals surface area contributed by atoms with Gasteiger partial charge in [0.25, 0.3) is 0 Å². The highest BCUT2D eigenvalue weighted by Gasteiger charge is 2.04. The molecule has 0 aromatic carbocycles. The smallest absolute Gasteiger partial charge is 0.309 e. The van der Waals surface area contributed by atoms with E-state index in [0.29, 0.717) is 5.69 Å². The van der Waals surface area contributed by atoms with E-state index in [2.05, 4.69) is 4.98 Å². The Morgan fingerprint density at radius 3 is 3.09 bits per heavy atom. The van der Waals surface area contributed by atoms with Crippen LogP contribution in [0.5, 0.6) is 0 Å². The maximum atomic E-state index is 10.2. The van der Waals surface area contributed by atoms with Crippen molar-refractivity contribution in [2.45, 2.75) is 10.8 Å². The van der Waals surface area contributed by atoms with Crippen LogP contribution in [0.3, 0.4) is 0 Å². The van der Waals surface area contributed by atoms with Crippen molar-refractivity contribution >= 4 is 29.1 Å². The number of carbonyl (C=O) groups is 1. The van der Waals surface area contributed by atoms with Crippen LogP contribution in [0.1, 0.15) is 5.69 Å². The Morgan fingerprint density at radius 2 is 2.64 bits per heavy atom. The molecule has 0 bridgehead atoms. The Labute approximate surface area is 72.5 Å². The molecule has 1 aromatic rings. The predicted octanol–water partition coefficient (Wildman–Crippen LogP) is 1.49. The number of thiazole rings is 1. The summed E-state index contributed by atoms with van der Waals surface area (Å²) in [4.78, 5) is 14.3. The number of carboxylic acid groups (broad SMARTS) is 1. The lowest BCUT2D eigenvalue weighted by molar-refractivity contribution is -0.136. The number of hydrogen-bond donors (Lipinski definition) is 1. The number of hydrogen-bond acceptors (Lipinski definition) is 4. The summed E-state index contributed by atoms with van der Waals surface area (Å²) >= 11 is 3.01. The van der Waals surface area contributed by atoms with E-state index >= 15 is 0 Å². The molecule has 0 aliphatic heterocycles. The average Bonchev–Trinajstić information content (AvgIpc) is 2.34. The minimum atomic E-state index is -0.831. The third kappa shape index (κ3) is 2.51. The summed E-state index contributed by atoms with van der Waals surface area (Å²) < 4.78 is 0.918. The summed E-state index contributed by atoms with van der Waals surface area (Å²) in [5.41, 5.74) is 0.645. The van der Waals surface area contributed by atoms with E-state index in [1.807, 2.05) is 6.26 Å². The predicted molar refractivity (Wildman–Crippen MR) is 45.2 cm³/mol. The van der Waals surface area contributed by atoms with E-state index in [1.165, 1.54) is 23.1 Å². The van der Waals surface area contributed by atoms with E-state index in [9.17, 15) is 4.79 Å². The van der Waals surface area contributed by atoms with Gasteiger partial charge in [-0.05, 0) is 6.26 Å². The molecular formula is C6H7NO2S2. The fourth-order valence-corrected chi connectivity index (χ4v) is 1.90. The van der Waals surface area contributed by atoms with Gasteiger partial charge in [0.2, 0.25) is 0 Å². The second kappa shape index (κ2) is 3.73. The van der Waals surface area contributed by atoms with Gasteiger partial charge >= 0.3 is 5.97 Å². The number of nitrogens with zero attached hydrogens (tertiary/aromatic N) is 1. The summed E-state index contributed by atoms with van der Waals surface area (Å²) in [6, 6.07) is 0. The molecule has 0 unspecified atom stereocenters. The van der Waals surface area contributed by atoms with Crippen molar-refractivity contribution in [3.8, 4) is 0 Å². The highest BCUT2D eigenvalue weighted by Crippen LogP contribution is 2.19. The second-order valence-electron chi connectivity index (χ2n) is 1.88. The van der Waals surface area contributed by atoms with E-state index in [0.717, 1.165) is 4.34 Å². The Morgan fingerprint density at radius 1 is 1.91 bits per heavy atom. The summed E-state index contributed by atoms with van der Waals surface area (Å²) in [5.74, 6) is -0.831. The maximum absolute atomic E-state index is 10.2. The quantitative estimate of drug-likeness (QED) is 0.732. The molecule has 0 spiro atoms. The van der Waals surface area contributed by atoms with Crippen molar-refractivity contribution in [3.63, 3.8) is 0 Å². The van der Waals surface area contributed by atoms with Crippen LogP contribution >= 0.6 is 23.1 Å². The lowest BCUT2D eigenvalue weighted by atomic mass is 10.3. The highest BCUT2D eigenvalue weighted by molar-refractivity contribution is 8.00. The Hall–Kier alpha value is -0.550. The first kappa shape index (κ1) is 8.55. The molecule has 0 amide bonds. The molecule has 0 fully saturated rings. The summed E-state index contributed by atoms with van der Waals surface area (Å²) in [5, 5.41) is 10.2. The maximum Gasteiger partial charge on any atom is 0.309 e. The zero-order valence-corrected chi connectivity index (χ0v) is 7.54. The molecule has 11 heavy (non-hydrogen) atoms. The van der Waals surface area contributed by atoms with Gasteiger partial charge in [-0.2, -0.15) is 0 Å². The summed E-state index contributed by atoms with van der Waals surface area (Å²) in [6.45, 7) is 0. The van der Waals surface area contributed by atoms with Gasteiger partial charge in [0.05, 0.1) is 12.1 Å². The third-order valence-corrected chi connectivity index (χ3v) is 2.95. The van der Waals surface area contributed by atoms with Crippen LogP contribution in [-0.2, 0) is 11.2 Å². The number of thioether (sulfide) groups is 1. The first-order valence-electron chi connectivity index (χ1n) is 2.92. The van der Waals surface area contributed by atoms with Crippen LogP contribution in [0, 0.1) is 0 Å². The Balaban J connectivity index is 2.65. The van der Waals surface area contributed by atoms with Gasteiger partial charge < -0.3 is 5.11 Å². The molecule has 1 heterocycles. The van der Waals surface area contributed by atoms with Crippen molar-refractivity contribution in [3.05, 3.63) is 11.1 Å². The van der Waals surface area contributed by atoms with E-state index in [1.54, 1.807) is 5.38 Å². The largest absolute Gasteiger partial charge is 0.481 e. The van der Waals surface area contributed by atoms with Gasteiger partial charge in [0.15, 0.2) is 0 Å². The van der Waals surface area contributed by atoms with Crippen molar-refractivity contribution in [1.82, 2.24) is 4.98 Å². The van der Waals surface area contributed by atoms with Crippen molar-refractivity contribution < 1.29 is 9.90 Å². The molecule has 60 valence electrons. The fraction of sp³-hybridized carbons (Fsp3) is 0.333. The van der Waals surface area contributed by atoms with Crippen molar-refractivity contribution in [1.29, 1.82) is 0 Å². The zero-order chi connectivity index (χ0) is 8.27. The van der Waals surface area contributed by atoms with Gasteiger partial charge in [0.1, 0.15) is 4.34 Å². The van der Waals surface area contributed by atoms with Crippen LogP contribution < -0.4 is 0 Å². The lowest BCUT2D eigenvalue weighted by Gasteiger charge is -1.86. The standard InChI is InChI=1S/C6H7NO2S2/c1-10-6-7-4(3-11-6)2-5(8)9/h3H,2H2,1H3,(H,8,9). The topological polar surface area (TPSA) is 50.2 Å². The van der Waals surface area contributed by atoms with Crippen LogP contribution in [0.4, 0.5) is 0 Å². The van der Waals surface area contributed by atoms with E-state index in [-0.39, 0.29) is 6.42 Å². The van der Waals surface area contributed by atoms with Crippen molar-refractivity contribution in [2.24, 2.45) is 0 Å². The van der Waals surface area contributed by atoms with Crippen LogP contribution in [0.25, 0.3) is 0 Å². The number of aliphatic carboxylic acids is 1. The average molecular weight is 189 g/mol. The lowest BCUT2D eigenvalue weighted by Crippen LogP contribution is -1.99. The zero-order valence-electron chi connectivity index (χ0n) is 5.90. The summed E-state index contributed by atoms with van der Waals surface area (Å²) in [7, 11) is 0. The molecule has 0 aliphatic rings. The Bertz CT molecular complexity index is 259. The Kier molecular flexibility index (Phi) is 2.90.